The van der Waals surface area contributed by atoms with E-state index in [0.717, 1.165) is 11.5 Å². The third-order valence-electron chi connectivity index (χ3n) is 5.19. The van der Waals surface area contributed by atoms with Gasteiger partial charge in [-0.3, -0.25) is 4.79 Å². The smallest absolute Gasteiger partial charge is 0.236 e. The molecule has 0 unspecified atom stereocenters. The predicted molar refractivity (Wildman–Crippen MR) is 116 cm³/mol. The number of halogens is 2. The Balaban J connectivity index is 1.87. The molecule has 0 bridgehead atoms. The molecule has 30 heavy (non-hydrogen) atoms. The van der Waals surface area contributed by atoms with E-state index in [0.29, 0.717) is 35.2 Å². The van der Waals surface area contributed by atoms with Gasteiger partial charge in [-0.05, 0) is 50.2 Å². The molecule has 0 aliphatic carbocycles. The molecule has 156 valence electrons. The second-order valence-electron chi connectivity index (χ2n) is 7.97. The number of nitrogens with one attached hydrogen (secondary N) is 1. The zero-order chi connectivity index (χ0) is 21.5. The van der Waals surface area contributed by atoms with Crippen LogP contribution in [0.1, 0.15) is 19.7 Å². The SMILES string of the molecule is CC1(C)CN(C(=O)CN)Cc2nc(-c3cccc(F)c3)c(Nc3ccc(Cl)cc3)n21. The number of nitrogens with zero attached hydrogens (tertiary/aromatic N) is 3. The number of anilines is 2. The molecule has 1 aliphatic heterocycles. The van der Waals surface area contributed by atoms with Crippen LogP contribution in [0.3, 0.4) is 0 Å². The number of amides is 1. The van der Waals surface area contributed by atoms with Crippen LogP contribution in [0.2, 0.25) is 5.02 Å². The van der Waals surface area contributed by atoms with E-state index in [1.165, 1.54) is 12.1 Å². The molecule has 0 atom stereocenters. The van der Waals surface area contributed by atoms with Gasteiger partial charge in [0, 0.05) is 22.8 Å². The number of carbonyl (C=O) groups excluding carboxylic acids is 1. The van der Waals surface area contributed by atoms with Crippen LogP contribution in [0.4, 0.5) is 15.9 Å². The van der Waals surface area contributed by atoms with Gasteiger partial charge in [-0.2, -0.15) is 0 Å². The van der Waals surface area contributed by atoms with Crippen molar-refractivity contribution < 1.29 is 9.18 Å². The maximum atomic E-state index is 14.0. The Morgan fingerprint density at radius 2 is 2.00 bits per heavy atom. The van der Waals surface area contributed by atoms with E-state index in [9.17, 15) is 9.18 Å². The molecule has 0 spiro atoms. The van der Waals surface area contributed by atoms with Crippen molar-refractivity contribution in [2.45, 2.75) is 25.9 Å². The Bertz CT molecular complexity index is 1090. The molecule has 1 amide bonds. The molecule has 0 saturated heterocycles. The standard InChI is InChI=1S/C22H23ClFN5O/c1-22(2)13-28(19(30)11-25)12-18-27-20(14-4-3-5-16(24)10-14)21(29(18)22)26-17-8-6-15(23)7-9-17/h3-10,26H,11-13,25H2,1-2H3. The number of rotatable bonds is 4. The van der Waals surface area contributed by atoms with Crippen molar-refractivity contribution in [1.82, 2.24) is 14.5 Å². The molecule has 4 rings (SSSR count). The minimum Gasteiger partial charge on any atom is -0.340 e. The van der Waals surface area contributed by atoms with Crippen LogP contribution in [-0.4, -0.2) is 33.4 Å². The summed E-state index contributed by atoms with van der Waals surface area (Å²) in [5.74, 6) is 0.985. The Kier molecular flexibility index (Phi) is 5.26. The van der Waals surface area contributed by atoms with Crippen molar-refractivity contribution in [3.63, 3.8) is 0 Å². The monoisotopic (exact) mass is 427 g/mol. The van der Waals surface area contributed by atoms with Crippen LogP contribution in [0.15, 0.2) is 48.5 Å². The van der Waals surface area contributed by atoms with E-state index in [-0.39, 0.29) is 18.3 Å². The normalized spacial score (nSPS) is 15.0. The molecular formula is C22H23ClFN5O. The lowest BCUT2D eigenvalue weighted by Crippen LogP contribution is -2.50. The molecular weight excluding hydrogens is 405 g/mol. The molecule has 0 fully saturated rings. The quantitative estimate of drug-likeness (QED) is 0.656. The first-order valence-electron chi connectivity index (χ1n) is 9.67. The lowest BCUT2D eigenvalue weighted by Gasteiger charge is -2.40. The van der Waals surface area contributed by atoms with Crippen LogP contribution >= 0.6 is 11.6 Å². The number of imidazole rings is 1. The third-order valence-corrected chi connectivity index (χ3v) is 5.45. The number of nitrogens with two attached hydrogens (primary N) is 1. The zero-order valence-electron chi connectivity index (χ0n) is 16.8. The molecule has 1 aromatic heterocycles. The first-order valence-corrected chi connectivity index (χ1v) is 10.0. The number of carbonyl (C=O) groups is 1. The summed E-state index contributed by atoms with van der Waals surface area (Å²) >= 11 is 6.02. The number of hydrogen-bond acceptors (Lipinski definition) is 4. The summed E-state index contributed by atoms with van der Waals surface area (Å²) in [5.41, 5.74) is 7.24. The molecule has 2 aromatic carbocycles. The first-order chi connectivity index (χ1) is 14.3. The summed E-state index contributed by atoms with van der Waals surface area (Å²) in [6, 6.07) is 13.7. The summed E-state index contributed by atoms with van der Waals surface area (Å²) in [7, 11) is 0. The fraction of sp³-hybridized carbons (Fsp3) is 0.273. The summed E-state index contributed by atoms with van der Waals surface area (Å²) in [6.45, 7) is 4.85. The molecule has 3 aromatic rings. The summed E-state index contributed by atoms with van der Waals surface area (Å²) in [4.78, 5) is 18.8. The van der Waals surface area contributed by atoms with Gasteiger partial charge in [0.05, 0.1) is 18.6 Å². The fourth-order valence-corrected chi connectivity index (χ4v) is 4.04. The van der Waals surface area contributed by atoms with Gasteiger partial charge in [-0.25, -0.2) is 9.37 Å². The van der Waals surface area contributed by atoms with Crippen molar-refractivity contribution in [3.8, 4) is 11.3 Å². The predicted octanol–water partition coefficient (Wildman–Crippen LogP) is 4.12. The Morgan fingerprint density at radius 3 is 2.67 bits per heavy atom. The highest BCUT2D eigenvalue weighted by atomic mass is 35.5. The van der Waals surface area contributed by atoms with Crippen LogP contribution in [0.5, 0.6) is 0 Å². The van der Waals surface area contributed by atoms with Crippen LogP contribution < -0.4 is 11.1 Å². The van der Waals surface area contributed by atoms with Gasteiger partial charge in [0.15, 0.2) is 0 Å². The Morgan fingerprint density at radius 1 is 1.27 bits per heavy atom. The van der Waals surface area contributed by atoms with Crippen molar-refractivity contribution in [3.05, 3.63) is 65.2 Å². The highest BCUT2D eigenvalue weighted by Gasteiger charge is 2.37. The van der Waals surface area contributed by atoms with Crippen LogP contribution in [-0.2, 0) is 16.9 Å². The van der Waals surface area contributed by atoms with E-state index in [2.05, 4.69) is 9.88 Å². The Hall–Kier alpha value is -2.90. The molecule has 1 aliphatic rings. The number of hydrogen-bond donors (Lipinski definition) is 2. The van der Waals surface area contributed by atoms with E-state index in [4.69, 9.17) is 22.3 Å². The van der Waals surface area contributed by atoms with Crippen LogP contribution in [0.25, 0.3) is 11.3 Å². The van der Waals surface area contributed by atoms with E-state index in [1.807, 2.05) is 32.0 Å². The lowest BCUT2D eigenvalue weighted by atomic mass is 10.0. The van der Waals surface area contributed by atoms with E-state index in [1.54, 1.807) is 23.1 Å². The minimum absolute atomic E-state index is 0.0522. The van der Waals surface area contributed by atoms with Gasteiger partial charge >= 0.3 is 0 Å². The molecule has 6 nitrogen and oxygen atoms in total. The lowest BCUT2D eigenvalue weighted by molar-refractivity contribution is -0.132. The minimum atomic E-state index is -0.453. The molecule has 8 heteroatoms. The summed E-state index contributed by atoms with van der Waals surface area (Å²) in [6.07, 6.45) is 0. The maximum absolute atomic E-state index is 14.0. The molecule has 0 saturated carbocycles. The number of aromatic nitrogens is 2. The fourth-order valence-electron chi connectivity index (χ4n) is 3.92. The Labute approximate surface area is 179 Å². The van der Waals surface area contributed by atoms with Crippen molar-refractivity contribution in [2.75, 3.05) is 18.4 Å². The molecule has 0 radical (unpaired) electrons. The second kappa shape index (κ2) is 7.74. The average molecular weight is 428 g/mol. The highest BCUT2D eigenvalue weighted by Crippen LogP contribution is 2.39. The molecule has 3 N–H and O–H groups in total. The maximum Gasteiger partial charge on any atom is 0.236 e. The first kappa shape index (κ1) is 20.4. The average Bonchev–Trinajstić information content (AvgIpc) is 3.08. The largest absolute Gasteiger partial charge is 0.340 e. The van der Waals surface area contributed by atoms with Gasteiger partial charge in [-0.15, -0.1) is 0 Å². The van der Waals surface area contributed by atoms with Gasteiger partial charge in [-0.1, -0.05) is 23.7 Å². The molecule has 2 heterocycles. The van der Waals surface area contributed by atoms with Gasteiger partial charge < -0.3 is 20.5 Å². The van der Waals surface area contributed by atoms with Gasteiger partial charge in [0.1, 0.15) is 23.2 Å². The second-order valence-corrected chi connectivity index (χ2v) is 8.41. The van der Waals surface area contributed by atoms with Gasteiger partial charge in [0.25, 0.3) is 0 Å². The topological polar surface area (TPSA) is 76.2 Å². The number of fused-ring (bicyclic) bond motifs is 1. The van der Waals surface area contributed by atoms with Crippen molar-refractivity contribution in [1.29, 1.82) is 0 Å². The van der Waals surface area contributed by atoms with Crippen molar-refractivity contribution >= 4 is 29.0 Å². The summed E-state index contributed by atoms with van der Waals surface area (Å²) in [5, 5.41) is 4.07. The van der Waals surface area contributed by atoms with Crippen molar-refractivity contribution in [2.24, 2.45) is 5.73 Å². The van der Waals surface area contributed by atoms with E-state index >= 15 is 0 Å². The number of benzene rings is 2. The van der Waals surface area contributed by atoms with Crippen LogP contribution in [0, 0.1) is 5.82 Å². The third kappa shape index (κ3) is 3.78. The highest BCUT2D eigenvalue weighted by molar-refractivity contribution is 6.30. The van der Waals surface area contributed by atoms with Gasteiger partial charge in [0.2, 0.25) is 5.91 Å². The van der Waals surface area contributed by atoms with E-state index < -0.39 is 5.54 Å². The summed E-state index contributed by atoms with van der Waals surface area (Å²) < 4.78 is 16.1. The zero-order valence-corrected chi connectivity index (χ0v) is 17.6.